The number of nitrogens with one attached hydrogen (secondary N) is 2. The van der Waals surface area contributed by atoms with Crippen molar-refractivity contribution in [3.8, 4) is 0 Å². The van der Waals surface area contributed by atoms with E-state index in [1.54, 1.807) is 0 Å². The summed E-state index contributed by atoms with van der Waals surface area (Å²) in [6.45, 7) is 2.66. The van der Waals surface area contributed by atoms with Crippen LogP contribution in [0.2, 0.25) is 5.02 Å². The molecule has 1 aliphatic carbocycles. The van der Waals surface area contributed by atoms with Crippen LogP contribution in [0.4, 0.5) is 29.1 Å². The van der Waals surface area contributed by atoms with Crippen molar-refractivity contribution in [2.24, 2.45) is 5.41 Å². The highest BCUT2D eigenvalue weighted by Crippen LogP contribution is 2.54. The van der Waals surface area contributed by atoms with Crippen LogP contribution in [0.25, 0.3) is 0 Å². The van der Waals surface area contributed by atoms with Gasteiger partial charge in [0.15, 0.2) is 5.82 Å². The molecule has 3 aromatic rings. The predicted octanol–water partition coefficient (Wildman–Crippen LogP) is 5.45. The zero-order valence-electron chi connectivity index (χ0n) is 20.1. The van der Waals surface area contributed by atoms with E-state index in [9.17, 15) is 26.0 Å². The topological polar surface area (TPSA) is 112 Å². The smallest absolute Gasteiger partial charge is 0.475 e. The minimum atomic E-state index is -5.08. The molecular formula is C24H23ClF4N4O4S2. The first-order valence-electron chi connectivity index (χ1n) is 11.5. The Morgan fingerprint density at radius 1 is 1.23 bits per heavy atom. The Labute approximate surface area is 230 Å². The minimum Gasteiger partial charge on any atom is -0.475 e. The molecule has 2 aliphatic rings. The number of carboxylic acids is 1. The van der Waals surface area contributed by atoms with Gasteiger partial charge < -0.3 is 10.4 Å². The maximum Gasteiger partial charge on any atom is 0.490 e. The van der Waals surface area contributed by atoms with Gasteiger partial charge in [-0.15, -0.1) is 11.3 Å². The molecule has 2 aromatic carbocycles. The molecule has 1 unspecified atom stereocenters. The summed E-state index contributed by atoms with van der Waals surface area (Å²) in [5, 5.41) is 12.2. The Morgan fingerprint density at radius 3 is 2.46 bits per heavy atom. The average molecular weight is 607 g/mol. The number of halogens is 5. The highest BCUT2D eigenvalue weighted by atomic mass is 35.5. The molecule has 15 heteroatoms. The van der Waals surface area contributed by atoms with Crippen LogP contribution < -0.4 is 10.0 Å². The van der Waals surface area contributed by atoms with Crippen LogP contribution in [-0.4, -0.2) is 54.7 Å². The van der Waals surface area contributed by atoms with Crippen LogP contribution in [0.15, 0.2) is 58.3 Å². The third-order valence-corrected chi connectivity index (χ3v) is 8.68. The molecule has 8 nitrogen and oxygen atoms in total. The van der Waals surface area contributed by atoms with Gasteiger partial charge in [0.2, 0.25) is 0 Å². The molecule has 39 heavy (non-hydrogen) atoms. The molecule has 2 fully saturated rings. The molecule has 210 valence electrons. The number of rotatable bonds is 7. The van der Waals surface area contributed by atoms with Crippen LogP contribution in [0.1, 0.15) is 18.4 Å². The largest absolute Gasteiger partial charge is 0.490 e. The first-order valence-corrected chi connectivity index (χ1v) is 14.3. The summed E-state index contributed by atoms with van der Waals surface area (Å²) in [5.41, 5.74) is 3.32. The van der Waals surface area contributed by atoms with Crippen LogP contribution in [-0.2, 0) is 21.4 Å². The second kappa shape index (κ2) is 11.3. The van der Waals surface area contributed by atoms with Gasteiger partial charge in [0.05, 0.1) is 16.2 Å². The van der Waals surface area contributed by atoms with Crippen LogP contribution in [0.3, 0.4) is 0 Å². The van der Waals surface area contributed by atoms with Gasteiger partial charge in [0.25, 0.3) is 10.0 Å². The molecule has 1 aliphatic heterocycles. The minimum absolute atomic E-state index is 0.124. The van der Waals surface area contributed by atoms with Crippen molar-refractivity contribution in [3.63, 3.8) is 0 Å². The van der Waals surface area contributed by atoms with E-state index in [0.29, 0.717) is 5.69 Å². The van der Waals surface area contributed by atoms with E-state index in [1.165, 1.54) is 33.9 Å². The zero-order chi connectivity index (χ0) is 28.4. The zero-order valence-corrected chi connectivity index (χ0v) is 22.5. The summed E-state index contributed by atoms with van der Waals surface area (Å²) >= 11 is 7.64. The molecule has 1 saturated carbocycles. The van der Waals surface area contributed by atoms with Gasteiger partial charge in [-0.05, 0) is 30.5 Å². The first kappa shape index (κ1) is 29.1. The number of anilines is 2. The van der Waals surface area contributed by atoms with Gasteiger partial charge >= 0.3 is 12.1 Å². The molecule has 2 heterocycles. The van der Waals surface area contributed by atoms with Gasteiger partial charge in [-0.3, -0.25) is 9.62 Å². The van der Waals surface area contributed by atoms with Crippen molar-refractivity contribution < 1.29 is 35.9 Å². The predicted molar refractivity (Wildman–Crippen MR) is 139 cm³/mol. The van der Waals surface area contributed by atoms with E-state index in [2.05, 4.69) is 32.1 Å². The Hall–Kier alpha value is -2.94. The molecule has 0 amide bonds. The number of alkyl halides is 3. The summed E-state index contributed by atoms with van der Waals surface area (Å²) in [4.78, 5) is 14.7. The van der Waals surface area contributed by atoms with Gasteiger partial charge in [-0.2, -0.15) is 13.2 Å². The van der Waals surface area contributed by atoms with Crippen molar-refractivity contribution in [1.82, 2.24) is 9.88 Å². The average Bonchev–Trinajstić information content (AvgIpc) is 3.30. The van der Waals surface area contributed by atoms with Crippen molar-refractivity contribution >= 4 is 50.4 Å². The number of hydrogen-bond acceptors (Lipinski definition) is 7. The fourth-order valence-corrected chi connectivity index (χ4v) is 6.32. The molecular weight excluding hydrogens is 584 g/mol. The second-order valence-corrected chi connectivity index (χ2v) is 12.0. The number of benzene rings is 2. The van der Waals surface area contributed by atoms with Crippen molar-refractivity contribution in [1.29, 1.82) is 0 Å². The number of nitrogens with zero attached hydrogens (tertiary/aromatic N) is 2. The maximum atomic E-state index is 14.9. The third kappa shape index (κ3) is 7.18. The summed E-state index contributed by atoms with van der Waals surface area (Å²) in [7, 11) is -4.14. The lowest BCUT2D eigenvalue weighted by Crippen LogP contribution is -2.30. The number of sulfonamides is 1. The molecule has 3 N–H and O–H groups in total. The Bertz CT molecular complexity index is 1420. The van der Waals surface area contributed by atoms with E-state index in [1.807, 2.05) is 18.2 Å². The Kier molecular flexibility index (Phi) is 8.40. The van der Waals surface area contributed by atoms with E-state index in [0.717, 1.165) is 38.5 Å². The van der Waals surface area contributed by atoms with Crippen LogP contribution in [0.5, 0.6) is 0 Å². The quantitative estimate of drug-likeness (QED) is 0.307. The Balaban J connectivity index is 0.000000448. The maximum absolute atomic E-state index is 14.9. The molecule has 1 aromatic heterocycles. The lowest BCUT2D eigenvalue weighted by molar-refractivity contribution is -0.192. The molecule has 1 spiro atoms. The molecule has 0 bridgehead atoms. The molecule has 1 saturated heterocycles. The number of likely N-dealkylation sites (tertiary alicyclic amines) is 1. The number of thiazole rings is 1. The Morgan fingerprint density at radius 2 is 1.90 bits per heavy atom. The van der Waals surface area contributed by atoms with E-state index in [-0.39, 0.29) is 22.3 Å². The summed E-state index contributed by atoms with van der Waals surface area (Å²) < 4.78 is 74.0. The monoisotopic (exact) mass is 606 g/mol. The highest BCUT2D eigenvalue weighted by molar-refractivity contribution is 7.92. The van der Waals surface area contributed by atoms with Crippen LogP contribution >= 0.6 is 22.9 Å². The van der Waals surface area contributed by atoms with Crippen molar-refractivity contribution in [2.75, 3.05) is 23.1 Å². The van der Waals surface area contributed by atoms with Gasteiger partial charge in [0, 0.05) is 36.5 Å². The number of hydrogen-bond donors (Lipinski definition) is 3. The summed E-state index contributed by atoms with van der Waals surface area (Å²) in [5.74, 6) is -3.47. The number of carboxylic acid groups (broad SMARTS) is 1. The summed E-state index contributed by atoms with van der Waals surface area (Å²) in [6.07, 6.45) is -2.86. The van der Waals surface area contributed by atoms with E-state index >= 15 is 0 Å². The second-order valence-electron chi connectivity index (χ2n) is 9.26. The first-order chi connectivity index (χ1) is 18.3. The lowest BCUT2D eigenvalue weighted by atomic mass is 10.0. The van der Waals surface area contributed by atoms with Gasteiger partial charge in [-0.25, -0.2) is 22.6 Å². The molecule has 5 rings (SSSR count). The number of aliphatic carboxylic acids is 1. The standard InChI is InChI=1S/C22H22ClFN4O2S2.C2HF3O2/c23-16-8-19(32(29,30)27-21-12-31-14-25-21)17(24)9-18(16)26-20-11-28(13-22(20)6-7-22)10-15-4-2-1-3-5-15;3-2(4,5)1(6)7/h1-5,8-9,12,14,20,26-27H,6-7,10-11,13H2;(H,6,7). The molecule has 0 radical (unpaired) electrons. The van der Waals surface area contributed by atoms with Crippen molar-refractivity contribution in [3.05, 3.63) is 69.8 Å². The third-order valence-electron chi connectivity index (χ3n) is 6.41. The SMILES string of the molecule is O=C(O)C(F)(F)F.O=S(=O)(Nc1cscn1)c1cc(Cl)c(NC2CN(Cc3ccccc3)CC23CC3)cc1F. The number of carbonyl (C=O) groups is 1. The van der Waals surface area contributed by atoms with Crippen LogP contribution in [0, 0.1) is 11.2 Å². The fraction of sp³-hybridized carbons (Fsp3) is 0.333. The normalized spacial score (nSPS) is 18.3. The lowest BCUT2D eigenvalue weighted by Gasteiger charge is -2.21. The number of aromatic nitrogens is 1. The highest BCUT2D eigenvalue weighted by Gasteiger charge is 2.55. The van der Waals surface area contributed by atoms with Gasteiger partial charge in [0.1, 0.15) is 10.7 Å². The van der Waals surface area contributed by atoms with E-state index in [4.69, 9.17) is 21.5 Å². The fourth-order valence-electron chi connectivity index (χ4n) is 4.39. The summed E-state index contributed by atoms with van der Waals surface area (Å²) in [6, 6.07) is 12.8. The van der Waals surface area contributed by atoms with E-state index < -0.39 is 32.9 Å². The van der Waals surface area contributed by atoms with Gasteiger partial charge in [-0.1, -0.05) is 41.9 Å². The molecule has 1 atom stereocenters. The van der Waals surface area contributed by atoms with Crippen molar-refractivity contribution in [2.45, 2.75) is 36.5 Å².